The van der Waals surface area contributed by atoms with E-state index in [1.165, 1.54) is 12.1 Å². The van der Waals surface area contributed by atoms with Crippen molar-refractivity contribution in [3.05, 3.63) is 54.8 Å². The van der Waals surface area contributed by atoms with Crippen LogP contribution in [0.2, 0.25) is 0 Å². The van der Waals surface area contributed by atoms with E-state index in [1.807, 2.05) is 15.4 Å². The molecule has 0 saturated carbocycles. The molecule has 0 aliphatic carbocycles. The van der Waals surface area contributed by atoms with E-state index < -0.39 is 0 Å². The highest BCUT2D eigenvalue weighted by Gasteiger charge is 2.30. The van der Waals surface area contributed by atoms with Crippen molar-refractivity contribution < 1.29 is 13.6 Å². The van der Waals surface area contributed by atoms with Gasteiger partial charge in [-0.1, -0.05) is 0 Å². The van der Waals surface area contributed by atoms with E-state index in [9.17, 15) is 9.18 Å². The monoisotopic (exact) mass is 475 g/mol. The van der Waals surface area contributed by atoms with Gasteiger partial charge < -0.3 is 20.0 Å². The number of halogens is 1. The standard InChI is InChI=1S/C25H26FN7O2/c26-17-5-3-16(4-6-17)21-22(33-14-15-35-25(33)31-21)19-7-11-28-24(30-19)29-18-8-12-32(13-9-18)23(34)20-2-1-10-27-20/h3-7,11,14-15,18,20,27H,1-2,8-10,12-13H2,(H,28,29,30)/t20-/m1/s1. The van der Waals surface area contributed by atoms with Crippen molar-refractivity contribution in [1.29, 1.82) is 0 Å². The van der Waals surface area contributed by atoms with Gasteiger partial charge in [0.15, 0.2) is 0 Å². The number of benzene rings is 1. The topological polar surface area (TPSA) is 101 Å². The van der Waals surface area contributed by atoms with Gasteiger partial charge in [0.25, 0.3) is 0 Å². The van der Waals surface area contributed by atoms with Gasteiger partial charge in [-0.25, -0.2) is 14.4 Å². The molecule has 0 spiro atoms. The summed E-state index contributed by atoms with van der Waals surface area (Å²) in [6.07, 6.45) is 8.73. The number of amides is 1. The molecule has 0 bridgehead atoms. The molecule has 2 fully saturated rings. The van der Waals surface area contributed by atoms with Crippen LogP contribution < -0.4 is 10.6 Å². The Balaban J connectivity index is 1.21. The molecule has 180 valence electrons. The van der Waals surface area contributed by atoms with Crippen LogP contribution in [-0.4, -0.2) is 61.9 Å². The molecule has 5 heterocycles. The molecular formula is C25H26FN7O2. The van der Waals surface area contributed by atoms with E-state index in [1.54, 1.807) is 30.8 Å². The zero-order valence-electron chi connectivity index (χ0n) is 19.2. The molecule has 2 N–H and O–H groups in total. The first kappa shape index (κ1) is 21.7. The molecule has 1 aromatic carbocycles. The van der Waals surface area contributed by atoms with E-state index >= 15 is 0 Å². The number of oxazole rings is 1. The van der Waals surface area contributed by atoms with Crippen LogP contribution in [0.5, 0.6) is 0 Å². The van der Waals surface area contributed by atoms with Crippen molar-refractivity contribution in [1.82, 2.24) is 29.6 Å². The van der Waals surface area contributed by atoms with Gasteiger partial charge in [0.2, 0.25) is 11.9 Å². The molecular weight excluding hydrogens is 449 g/mol. The SMILES string of the molecule is O=C([C@H]1CCCN1)N1CCC(Nc2nccc(-c3c(-c4ccc(F)cc4)nc4occn34)n2)CC1. The molecule has 3 aromatic heterocycles. The Hall–Kier alpha value is -3.79. The third-order valence-corrected chi connectivity index (χ3v) is 6.78. The number of imidazole rings is 1. The maximum atomic E-state index is 13.5. The number of carbonyl (C=O) groups is 1. The minimum atomic E-state index is -0.307. The zero-order valence-corrected chi connectivity index (χ0v) is 19.2. The number of likely N-dealkylation sites (tertiary alicyclic amines) is 1. The lowest BCUT2D eigenvalue weighted by molar-refractivity contribution is -0.134. The van der Waals surface area contributed by atoms with Crippen LogP contribution >= 0.6 is 0 Å². The van der Waals surface area contributed by atoms with E-state index in [2.05, 4.69) is 20.6 Å². The van der Waals surface area contributed by atoms with Crippen LogP contribution in [0.1, 0.15) is 25.7 Å². The van der Waals surface area contributed by atoms with Crippen LogP contribution in [0.25, 0.3) is 28.5 Å². The first-order valence-electron chi connectivity index (χ1n) is 12.0. The number of carbonyl (C=O) groups excluding carboxylic acids is 1. The number of nitrogens with one attached hydrogen (secondary N) is 2. The third-order valence-electron chi connectivity index (χ3n) is 6.78. The van der Waals surface area contributed by atoms with Crippen LogP contribution in [-0.2, 0) is 4.79 Å². The fraction of sp³-hybridized carbons (Fsp3) is 0.360. The summed E-state index contributed by atoms with van der Waals surface area (Å²) >= 11 is 0. The highest BCUT2D eigenvalue weighted by molar-refractivity contribution is 5.82. The van der Waals surface area contributed by atoms with Gasteiger partial charge in [0.05, 0.1) is 11.7 Å². The predicted molar refractivity (Wildman–Crippen MR) is 128 cm³/mol. The van der Waals surface area contributed by atoms with Gasteiger partial charge in [-0.2, -0.15) is 4.98 Å². The van der Waals surface area contributed by atoms with Crippen LogP contribution in [0.4, 0.5) is 10.3 Å². The fourth-order valence-corrected chi connectivity index (χ4v) is 4.94. The second-order valence-corrected chi connectivity index (χ2v) is 9.03. The summed E-state index contributed by atoms with van der Waals surface area (Å²) in [5.74, 6) is 0.867. The Morgan fingerprint density at radius 2 is 1.94 bits per heavy atom. The Morgan fingerprint density at radius 3 is 2.71 bits per heavy atom. The number of piperidine rings is 1. The number of hydrogen-bond donors (Lipinski definition) is 2. The summed E-state index contributed by atoms with van der Waals surface area (Å²) in [6.45, 7) is 2.37. The normalized spacial score (nSPS) is 18.9. The number of rotatable bonds is 5. The van der Waals surface area contributed by atoms with E-state index in [4.69, 9.17) is 9.40 Å². The van der Waals surface area contributed by atoms with Crippen molar-refractivity contribution in [3.63, 3.8) is 0 Å². The van der Waals surface area contributed by atoms with Gasteiger partial charge in [-0.05, 0) is 62.6 Å². The van der Waals surface area contributed by atoms with Gasteiger partial charge >= 0.3 is 5.84 Å². The number of hydrogen-bond acceptors (Lipinski definition) is 7. The second-order valence-electron chi connectivity index (χ2n) is 9.03. The Bertz CT molecular complexity index is 1340. The average Bonchev–Trinajstić information content (AvgIpc) is 3.63. The number of fused-ring (bicyclic) bond motifs is 1. The molecule has 1 atom stereocenters. The van der Waals surface area contributed by atoms with Crippen molar-refractivity contribution in [2.75, 3.05) is 25.0 Å². The molecule has 1 amide bonds. The molecule has 6 rings (SSSR count). The second kappa shape index (κ2) is 9.10. The maximum absolute atomic E-state index is 13.5. The molecule has 35 heavy (non-hydrogen) atoms. The van der Waals surface area contributed by atoms with Crippen LogP contribution in [0, 0.1) is 5.82 Å². The van der Waals surface area contributed by atoms with Gasteiger partial charge in [-0.3, -0.25) is 9.20 Å². The quantitative estimate of drug-likeness (QED) is 0.457. The highest BCUT2D eigenvalue weighted by atomic mass is 19.1. The zero-order chi connectivity index (χ0) is 23.8. The summed E-state index contributed by atoms with van der Waals surface area (Å²) in [4.78, 5) is 28.4. The van der Waals surface area contributed by atoms with Crippen molar-refractivity contribution >= 4 is 17.7 Å². The number of anilines is 1. The number of nitrogens with zero attached hydrogens (tertiary/aromatic N) is 5. The van der Waals surface area contributed by atoms with E-state index in [-0.39, 0.29) is 23.8 Å². The van der Waals surface area contributed by atoms with Crippen molar-refractivity contribution in [2.45, 2.75) is 37.8 Å². The van der Waals surface area contributed by atoms with Crippen molar-refractivity contribution in [3.8, 4) is 22.6 Å². The molecule has 9 nitrogen and oxygen atoms in total. The van der Waals surface area contributed by atoms with Gasteiger partial charge in [0, 0.05) is 37.1 Å². The molecule has 2 aliphatic rings. The first-order chi connectivity index (χ1) is 17.2. The Kier molecular flexibility index (Phi) is 5.65. The van der Waals surface area contributed by atoms with Gasteiger partial charge in [-0.15, -0.1) is 0 Å². The molecule has 2 saturated heterocycles. The van der Waals surface area contributed by atoms with Crippen LogP contribution in [0.15, 0.2) is 53.4 Å². The lowest BCUT2D eigenvalue weighted by Gasteiger charge is -2.33. The molecule has 2 aliphatic heterocycles. The summed E-state index contributed by atoms with van der Waals surface area (Å²) in [5, 5.41) is 6.74. The number of aromatic nitrogens is 4. The average molecular weight is 476 g/mol. The van der Waals surface area contributed by atoms with Crippen LogP contribution in [0.3, 0.4) is 0 Å². The Labute approximate surface area is 201 Å². The summed E-state index contributed by atoms with van der Waals surface area (Å²) in [6, 6.07) is 8.19. The Morgan fingerprint density at radius 1 is 1.11 bits per heavy atom. The first-order valence-corrected chi connectivity index (χ1v) is 12.0. The summed E-state index contributed by atoms with van der Waals surface area (Å²) < 4.78 is 20.8. The molecule has 0 radical (unpaired) electrons. The minimum absolute atomic E-state index is 0.0229. The van der Waals surface area contributed by atoms with E-state index in [0.29, 0.717) is 23.2 Å². The predicted octanol–water partition coefficient (Wildman–Crippen LogP) is 3.35. The molecule has 0 unspecified atom stereocenters. The summed E-state index contributed by atoms with van der Waals surface area (Å²) in [7, 11) is 0. The molecule has 10 heteroatoms. The molecule has 4 aromatic rings. The maximum Gasteiger partial charge on any atom is 0.306 e. The van der Waals surface area contributed by atoms with Gasteiger partial charge in [0.1, 0.15) is 23.5 Å². The minimum Gasteiger partial charge on any atom is -0.432 e. The van der Waals surface area contributed by atoms with Crippen molar-refractivity contribution in [2.24, 2.45) is 0 Å². The van der Waals surface area contributed by atoms with E-state index in [0.717, 1.165) is 56.6 Å². The lowest BCUT2D eigenvalue weighted by atomic mass is 10.0. The smallest absolute Gasteiger partial charge is 0.306 e. The summed E-state index contributed by atoms with van der Waals surface area (Å²) in [5.41, 5.74) is 2.84. The highest BCUT2D eigenvalue weighted by Crippen LogP contribution is 2.32. The largest absolute Gasteiger partial charge is 0.432 e. The third kappa shape index (κ3) is 4.25. The lowest BCUT2D eigenvalue weighted by Crippen LogP contribution is -2.48. The fourth-order valence-electron chi connectivity index (χ4n) is 4.94.